The summed E-state index contributed by atoms with van der Waals surface area (Å²) >= 11 is 0. The molecule has 2 rings (SSSR count). The van der Waals surface area contributed by atoms with Crippen molar-refractivity contribution in [3.63, 3.8) is 0 Å². The molecule has 1 heterocycles. The summed E-state index contributed by atoms with van der Waals surface area (Å²) in [6.07, 6.45) is 2.67. The SMILES string of the molecule is CCC(N)Cc1cc2c(cc1OCCS(C)(=O)=O)OCO2. The van der Waals surface area contributed by atoms with E-state index in [2.05, 4.69) is 0 Å². The molecule has 0 aromatic heterocycles. The van der Waals surface area contributed by atoms with Crippen LogP contribution in [-0.4, -0.2) is 39.9 Å². The van der Waals surface area contributed by atoms with Gasteiger partial charge < -0.3 is 19.9 Å². The molecule has 1 aromatic rings. The van der Waals surface area contributed by atoms with Crippen molar-refractivity contribution in [2.45, 2.75) is 25.8 Å². The van der Waals surface area contributed by atoms with Gasteiger partial charge >= 0.3 is 0 Å². The Morgan fingerprint density at radius 1 is 1.33 bits per heavy atom. The molecule has 7 heteroatoms. The number of nitrogens with two attached hydrogens (primary N) is 1. The van der Waals surface area contributed by atoms with Crippen LogP contribution in [0.5, 0.6) is 17.2 Å². The van der Waals surface area contributed by atoms with Crippen molar-refractivity contribution < 1.29 is 22.6 Å². The Morgan fingerprint density at radius 2 is 2.00 bits per heavy atom. The van der Waals surface area contributed by atoms with Crippen LogP contribution in [0, 0.1) is 0 Å². The van der Waals surface area contributed by atoms with E-state index in [4.69, 9.17) is 19.9 Å². The van der Waals surface area contributed by atoms with Crippen molar-refractivity contribution in [2.75, 3.05) is 25.4 Å². The second-order valence-corrected chi connectivity index (χ2v) is 7.42. The van der Waals surface area contributed by atoms with E-state index in [9.17, 15) is 8.42 Å². The van der Waals surface area contributed by atoms with E-state index in [1.165, 1.54) is 6.26 Å². The first-order valence-corrected chi connectivity index (χ1v) is 8.93. The fraction of sp³-hybridized carbons (Fsp3) is 0.571. The van der Waals surface area contributed by atoms with Crippen LogP contribution in [0.3, 0.4) is 0 Å². The first-order chi connectivity index (χ1) is 9.89. The maximum Gasteiger partial charge on any atom is 0.231 e. The van der Waals surface area contributed by atoms with Gasteiger partial charge in [-0.15, -0.1) is 0 Å². The molecular formula is C14H21NO5S. The van der Waals surface area contributed by atoms with Crippen molar-refractivity contribution in [3.05, 3.63) is 17.7 Å². The molecule has 0 saturated heterocycles. The van der Waals surface area contributed by atoms with Gasteiger partial charge in [0.1, 0.15) is 12.4 Å². The van der Waals surface area contributed by atoms with Crippen LogP contribution in [0.4, 0.5) is 0 Å². The molecule has 0 saturated carbocycles. The molecule has 0 fully saturated rings. The van der Waals surface area contributed by atoms with Crippen LogP contribution in [0.1, 0.15) is 18.9 Å². The van der Waals surface area contributed by atoms with E-state index in [0.717, 1.165) is 12.0 Å². The summed E-state index contributed by atoms with van der Waals surface area (Å²) < 4.78 is 38.6. The third-order valence-electron chi connectivity index (χ3n) is 3.27. The highest BCUT2D eigenvalue weighted by Gasteiger charge is 2.19. The normalized spacial score (nSPS) is 15.0. The molecule has 1 atom stereocenters. The Bertz CT molecular complexity index is 600. The van der Waals surface area contributed by atoms with Crippen LogP contribution in [0.25, 0.3) is 0 Å². The first-order valence-electron chi connectivity index (χ1n) is 6.87. The third kappa shape index (κ3) is 4.50. The summed E-state index contributed by atoms with van der Waals surface area (Å²) in [5.74, 6) is 1.86. The Morgan fingerprint density at radius 3 is 2.62 bits per heavy atom. The minimum Gasteiger partial charge on any atom is -0.492 e. The molecule has 0 aliphatic carbocycles. The van der Waals surface area contributed by atoms with Crippen LogP contribution < -0.4 is 19.9 Å². The van der Waals surface area contributed by atoms with Gasteiger partial charge in [0.05, 0.1) is 5.75 Å². The van der Waals surface area contributed by atoms with E-state index in [1.54, 1.807) is 6.07 Å². The van der Waals surface area contributed by atoms with Gasteiger partial charge in [0.2, 0.25) is 6.79 Å². The second kappa shape index (κ2) is 6.53. The summed E-state index contributed by atoms with van der Waals surface area (Å²) in [5, 5.41) is 0. The predicted molar refractivity (Wildman–Crippen MR) is 79.7 cm³/mol. The van der Waals surface area contributed by atoms with Crippen molar-refractivity contribution in [2.24, 2.45) is 5.73 Å². The average Bonchev–Trinajstić information content (AvgIpc) is 2.84. The fourth-order valence-electron chi connectivity index (χ4n) is 1.99. The Kier molecular flexibility index (Phi) is 4.95. The monoisotopic (exact) mass is 315 g/mol. The van der Waals surface area contributed by atoms with Gasteiger partial charge in [-0.1, -0.05) is 6.92 Å². The fourth-order valence-corrected chi connectivity index (χ4v) is 2.38. The minimum absolute atomic E-state index is 0.0163. The maximum atomic E-state index is 11.2. The van der Waals surface area contributed by atoms with Gasteiger partial charge in [0.25, 0.3) is 0 Å². The Hall–Kier alpha value is -1.47. The van der Waals surface area contributed by atoms with E-state index in [-0.39, 0.29) is 25.2 Å². The molecule has 1 aromatic carbocycles. The molecule has 0 spiro atoms. The molecule has 1 aliphatic rings. The Balaban J connectivity index is 2.16. The molecule has 118 valence electrons. The minimum atomic E-state index is -3.05. The zero-order chi connectivity index (χ0) is 15.5. The molecule has 0 radical (unpaired) electrons. The average molecular weight is 315 g/mol. The highest BCUT2D eigenvalue weighted by molar-refractivity contribution is 7.90. The third-order valence-corrected chi connectivity index (χ3v) is 4.18. The highest BCUT2D eigenvalue weighted by Crippen LogP contribution is 2.38. The predicted octanol–water partition coefficient (Wildman–Crippen LogP) is 1.12. The van der Waals surface area contributed by atoms with E-state index in [1.807, 2.05) is 13.0 Å². The number of hydrogen-bond donors (Lipinski definition) is 1. The van der Waals surface area contributed by atoms with Gasteiger partial charge in [0.15, 0.2) is 21.3 Å². The van der Waals surface area contributed by atoms with Crippen LogP contribution in [0.2, 0.25) is 0 Å². The quantitative estimate of drug-likeness (QED) is 0.811. The largest absolute Gasteiger partial charge is 0.492 e. The van der Waals surface area contributed by atoms with E-state index < -0.39 is 9.84 Å². The lowest BCUT2D eigenvalue weighted by Crippen LogP contribution is -2.22. The van der Waals surface area contributed by atoms with Gasteiger partial charge in [-0.2, -0.15) is 0 Å². The molecule has 1 aliphatic heterocycles. The topological polar surface area (TPSA) is 87.9 Å². The van der Waals surface area contributed by atoms with Crippen molar-refractivity contribution in [3.8, 4) is 17.2 Å². The lowest BCUT2D eigenvalue weighted by atomic mass is 10.0. The van der Waals surface area contributed by atoms with Gasteiger partial charge in [-0.3, -0.25) is 0 Å². The number of ether oxygens (including phenoxy) is 3. The highest BCUT2D eigenvalue weighted by atomic mass is 32.2. The van der Waals surface area contributed by atoms with E-state index in [0.29, 0.717) is 23.7 Å². The van der Waals surface area contributed by atoms with Crippen molar-refractivity contribution in [1.29, 1.82) is 0 Å². The van der Waals surface area contributed by atoms with Gasteiger partial charge in [-0.25, -0.2) is 8.42 Å². The van der Waals surface area contributed by atoms with Crippen molar-refractivity contribution >= 4 is 9.84 Å². The molecule has 1 unspecified atom stereocenters. The number of hydrogen-bond acceptors (Lipinski definition) is 6. The standard InChI is InChI=1S/C14H21NO5S/c1-3-11(15)6-10-7-13-14(20-9-19-13)8-12(10)18-4-5-21(2,16)17/h7-8,11H,3-6,9,15H2,1-2H3. The van der Waals surface area contributed by atoms with Gasteiger partial charge in [-0.05, 0) is 24.5 Å². The van der Waals surface area contributed by atoms with Crippen LogP contribution in [0.15, 0.2) is 12.1 Å². The molecule has 0 bridgehead atoms. The lowest BCUT2D eigenvalue weighted by Gasteiger charge is -2.15. The van der Waals surface area contributed by atoms with Crippen LogP contribution in [-0.2, 0) is 16.3 Å². The number of sulfone groups is 1. The zero-order valence-corrected chi connectivity index (χ0v) is 13.1. The molecule has 21 heavy (non-hydrogen) atoms. The summed E-state index contributed by atoms with van der Waals surface area (Å²) in [7, 11) is -3.05. The lowest BCUT2D eigenvalue weighted by molar-refractivity contribution is 0.173. The zero-order valence-electron chi connectivity index (χ0n) is 12.3. The number of fused-ring (bicyclic) bond motifs is 1. The molecule has 6 nitrogen and oxygen atoms in total. The van der Waals surface area contributed by atoms with E-state index >= 15 is 0 Å². The summed E-state index contributed by atoms with van der Waals surface area (Å²) in [6.45, 7) is 2.30. The first kappa shape index (κ1) is 15.9. The summed E-state index contributed by atoms with van der Waals surface area (Å²) in [6, 6.07) is 3.61. The summed E-state index contributed by atoms with van der Waals surface area (Å²) in [4.78, 5) is 0. The maximum absolute atomic E-state index is 11.2. The van der Waals surface area contributed by atoms with Crippen molar-refractivity contribution in [1.82, 2.24) is 0 Å². The van der Waals surface area contributed by atoms with Crippen LogP contribution >= 0.6 is 0 Å². The number of rotatable bonds is 7. The molecule has 0 amide bonds. The smallest absolute Gasteiger partial charge is 0.231 e. The van der Waals surface area contributed by atoms with Gasteiger partial charge in [0, 0.05) is 18.4 Å². The Labute approximate surface area is 125 Å². The summed E-state index contributed by atoms with van der Waals surface area (Å²) in [5.41, 5.74) is 6.90. The number of benzene rings is 1. The molecular weight excluding hydrogens is 294 g/mol. The molecule has 2 N–H and O–H groups in total. The second-order valence-electron chi connectivity index (χ2n) is 5.16.